The summed E-state index contributed by atoms with van der Waals surface area (Å²) in [6.07, 6.45) is 4.11. The molecule has 3 aromatic carbocycles. The Balaban J connectivity index is 1.93. The summed E-state index contributed by atoms with van der Waals surface area (Å²) < 4.78 is 29.4. The summed E-state index contributed by atoms with van der Waals surface area (Å²) >= 11 is 0. The van der Waals surface area contributed by atoms with Crippen molar-refractivity contribution < 1.29 is 8.78 Å². The molecule has 0 saturated heterocycles. The van der Waals surface area contributed by atoms with Crippen molar-refractivity contribution in [1.82, 2.24) is 0 Å². The lowest BCUT2D eigenvalue weighted by molar-refractivity contribution is 0.514. The second-order valence-electron chi connectivity index (χ2n) is 6.68. The molecule has 26 heavy (non-hydrogen) atoms. The average molecular weight is 350 g/mol. The lowest BCUT2D eigenvalue weighted by atomic mass is 9.97. The molecule has 3 rings (SSSR count). The van der Waals surface area contributed by atoms with Crippen LogP contribution in [0.15, 0.2) is 60.7 Å². The van der Waals surface area contributed by atoms with Crippen LogP contribution in [0.1, 0.15) is 37.8 Å². The fourth-order valence-electron chi connectivity index (χ4n) is 3.27. The van der Waals surface area contributed by atoms with Crippen LogP contribution in [0.3, 0.4) is 0 Å². The van der Waals surface area contributed by atoms with Crippen molar-refractivity contribution in [2.75, 3.05) is 0 Å². The van der Waals surface area contributed by atoms with Crippen LogP contribution in [0.25, 0.3) is 22.3 Å². The Kier molecular flexibility index (Phi) is 5.82. The Labute approximate surface area is 154 Å². The van der Waals surface area contributed by atoms with Crippen molar-refractivity contribution in [2.24, 2.45) is 0 Å². The van der Waals surface area contributed by atoms with Crippen molar-refractivity contribution in [3.05, 3.63) is 83.4 Å². The van der Waals surface area contributed by atoms with E-state index in [2.05, 4.69) is 13.8 Å². The zero-order valence-corrected chi connectivity index (χ0v) is 15.4. The lowest BCUT2D eigenvalue weighted by Crippen LogP contribution is -1.94. The molecule has 0 N–H and O–H groups in total. The average Bonchev–Trinajstić information content (AvgIpc) is 2.66. The maximum atomic E-state index is 14.7. The van der Waals surface area contributed by atoms with Gasteiger partial charge in [0.1, 0.15) is 0 Å². The maximum absolute atomic E-state index is 14.7. The Morgan fingerprint density at radius 2 is 0.885 bits per heavy atom. The number of hydrogen-bond donors (Lipinski definition) is 0. The molecule has 0 fully saturated rings. The van der Waals surface area contributed by atoms with E-state index in [4.69, 9.17) is 0 Å². The molecule has 0 heterocycles. The van der Waals surface area contributed by atoms with Gasteiger partial charge >= 0.3 is 0 Å². The quantitative estimate of drug-likeness (QED) is 0.441. The third-order valence-corrected chi connectivity index (χ3v) is 4.69. The maximum Gasteiger partial charge on any atom is 0.167 e. The predicted octanol–water partition coefficient (Wildman–Crippen LogP) is 7.20. The number of halogens is 2. The van der Waals surface area contributed by atoms with Gasteiger partial charge in [-0.15, -0.1) is 0 Å². The number of rotatable bonds is 6. The summed E-state index contributed by atoms with van der Waals surface area (Å²) in [4.78, 5) is 0. The van der Waals surface area contributed by atoms with Crippen molar-refractivity contribution in [2.45, 2.75) is 39.5 Å². The topological polar surface area (TPSA) is 0 Å². The van der Waals surface area contributed by atoms with Gasteiger partial charge in [0.05, 0.1) is 0 Å². The van der Waals surface area contributed by atoms with E-state index in [0.29, 0.717) is 22.3 Å². The first-order chi connectivity index (χ1) is 12.6. The molecular formula is C24H24F2. The smallest absolute Gasteiger partial charge is 0.167 e. The lowest BCUT2D eigenvalue weighted by Gasteiger charge is -2.10. The molecule has 0 aliphatic heterocycles. The van der Waals surface area contributed by atoms with Gasteiger partial charge in [-0.25, -0.2) is 8.78 Å². The van der Waals surface area contributed by atoms with E-state index in [-0.39, 0.29) is 0 Å². The second kappa shape index (κ2) is 8.27. The minimum Gasteiger partial charge on any atom is -0.203 e. The van der Waals surface area contributed by atoms with Gasteiger partial charge in [-0.3, -0.25) is 0 Å². The molecule has 0 amide bonds. The Morgan fingerprint density at radius 1 is 0.538 bits per heavy atom. The van der Waals surface area contributed by atoms with Crippen LogP contribution in [-0.4, -0.2) is 0 Å². The summed E-state index contributed by atoms with van der Waals surface area (Å²) in [6.45, 7) is 4.24. The molecule has 0 spiro atoms. The normalized spacial score (nSPS) is 10.9. The number of hydrogen-bond acceptors (Lipinski definition) is 0. The van der Waals surface area contributed by atoms with Crippen LogP contribution in [-0.2, 0) is 12.8 Å². The molecule has 3 aromatic rings. The minimum absolute atomic E-state index is 0.303. The van der Waals surface area contributed by atoms with Gasteiger partial charge < -0.3 is 0 Å². The summed E-state index contributed by atoms with van der Waals surface area (Å²) in [7, 11) is 0. The highest BCUT2D eigenvalue weighted by atomic mass is 19.2. The summed E-state index contributed by atoms with van der Waals surface area (Å²) in [5, 5.41) is 0. The van der Waals surface area contributed by atoms with Gasteiger partial charge in [0.25, 0.3) is 0 Å². The van der Waals surface area contributed by atoms with E-state index < -0.39 is 11.6 Å². The van der Waals surface area contributed by atoms with E-state index in [1.165, 1.54) is 11.1 Å². The molecule has 2 heteroatoms. The Bertz CT molecular complexity index is 787. The van der Waals surface area contributed by atoms with E-state index in [9.17, 15) is 8.78 Å². The first-order valence-electron chi connectivity index (χ1n) is 9.30. The van der Waals surface area contributed by atoms with E-state index in [1.54, 1.807) is 12.1 Å². The first kappa shape index (κ1) is 18.3. The van der Waals surface area contributed by atoms with Gasteiger partial charge in [0, 0.05) is 11.1 Å². The molecule has 0 nitrogen and oxygen atoms in total. The van der Waals surface area contributed by atoms with Crippen LogP contribution in [0.2, 0.25) is 0 Å². The monoisotopic (exact) mass is 350 g/mol. The number of aryl methyl sites for hydroxylation is 2. The van der Waals surface area contributed by atoms with Gasteiger partial charge in [0.2, 0.25) is 0 Å². The molecule has 0 bridgehead atoms. The van der Waals surface area contributed by atoms with Gasteiger partial charge in [0.15, 0.2) is 11.6 Å². The van der Waals surface area contributed by atoms with Crippen LogP contribution < -0.4 is 0 Å². The molecular weight excluding hydrogens is 326 g/mol. The molecule has 0 radical (unpaired) electrons. The third-order valence-electron chi connectivity index (χ3n) is 4.69. The molecule has 134 valence electrons. The van der Waals surface area contributed by atoms with Gasteiger partial charge in [-0.05, 0) is 35.1 Å². The van der Waals surface area contributed by atoms with Crippen LogP contribution in [0.5, 0.6) is 0 Å². The fraction of sp³-hybridized carbons (Fsp3) is 0.250. The standard InChI is InChI=1S/C24H24F2/c1-3-5-17-7-11-19(12-8-17)21-15-16-22(24(26)23(21)25)20-13-9-18(6-4-2)10-14-20/h7-16H,3-6H2,1-2H3. The summed E-state index contributed by atoms with van der Waals surface area (Å²) in [5.41, 5.74) is 4.42. The van der Waals surface area contributed by atoms with Gasteiger partial charge in [-0.1, -0.05) is 87.4 Å². The molecule has 0 aliphatic rings. The highest BCUT2D eigenvalue weighted by molar-refractivity contribution is 5.72. The van der Waals surface area contributed by atoms with Crippen molar-refractivity contribution in [3.63, 3.8) is 0 Å². The largest absolute Gasteiger partial charge is 0.203 e. The second-order valence-corrected chi connectivity index (χ2v) is 6.68. The highest BCUT2D eigenvalue weighted by Gasteiger charge is 2.16. The van der Waals surface area contributed by atoms with Crippen molar-refractivity contribution >= 4 is 0 Å². The highest BCUT2D eigenvalue weighted by Crippen LogP contribution is 2.31. The zero-order chi connectivity index (χ0) is 18.5. The van der Waals surface area contributed by atoms with E-state index in [1.807, 2.05) is 48.5 Å². The van der Waals surface area contributed by atoms with Crippen LogP contribution in [0, 0.1) is 11.6 Å². The molecule has 0 aliphatic carbocycles. The SMILES string of the molecule is CCCc1ccc(-c2ccc(-c3ccc(CCC)cc3)c(F)c2F)cc1. The van der Waals surface area contributed by atoms with E-state index >= 15 is 0 Å². The van der Waals surface area contributed by atoms with Gasteiger partial charge in [-0.2, -0.15) is 0 Å². The summed E-state index contributed by atoms with van der Waals surface area (Å²) in [6, 6.07) is 18.7. The number of benzene rings is 3. The zero-order valence-electron chi connectivity index (χ0n) is 15.4. The molecule has 0 atom stereocenters. The Morgan fingerprint density at radius 3 is 1.19 bits per heavy atom. The van der Waals surface area contributed by atoms with Crippen LogP contribution in [0.4, 0.5) is 8.78 Å². The summed E-state index contributed by atoms with van der Waals surface area (Å²) in [5.74, 6) is -1.58. The third kappa shape index (κ3) is 3.85. The molecule has 0 unspecified atom stereocenters. The Hall–Kier alpha value is -2.48. The van der Waals surface area contributed by atoms with Crippen molar-refractivity contribution in [3.8, 4) is 22.3 Å². The molecule has 0 aromatic heterocycles. The van der Waals surface area contributed by atoms with Crippen molar-refractivity contribution in [1.29, 1.82) is 0 Å². The minimum atomic E-state index is -0.789. The van der Waals surface area contributed by atoms with Crippen LogP contribution >= 0.6 is 0 Å². The fourth-order valence-corrected chi connectivity index (χ4v) is 3.27. The first-order valence-corrected chi connectivity index (χ1v) is 9.30. The van der Waals surface area contributed by atoms with E-state index in [0.717, 1.165) is 25.7 Å². The molecule has 0 saturated carbocycles. The predicted molar refractivity (Wildman–Crippen MR) is 105 cm³/mol.